The van der Waals surface area contributed by atoms with Crippen LogP contribution in [-0.4, -0.2) is 33.9 Å². The van der Waals surface area contributed by atoms with Crippen LogP contribution in [0, 0.1) is 0 Å². The molecule has 0 atom stereocenters. The van der Waals surface area contributed by atoms with Gasteiger partial charge in [0.1, 0.15) is 0 Å². The van der Waals surface area contributed by atoms with Gasteiger partial charge in [-0.05, 0) is 25.0 Å². The molecule has 0 saturated carbocycles. The first-order valence-electron chi connectivity index (χ1n) is 6.29. The van der Waals surface area contributed by atoms with E-state index < -0.39 is 0 Å². The molecule has 5 heteroatoms. The minimum atomic E-state index is -0.0849. The van der Waals surface area contributed by atoms with Crippen molar-refractivity contribution in [2.75, 3.05) is 13.2 Å². The van der Waals surface area contributed by atoms with Gasteiger partial charge in [-0.25, -0.2) is 0 Å². The van der Waals surface area contributed by atoms with E-state index in [2.05, 4.69) is 10.4 Å². The number of aliphatic hydroxyl groups excluding tert-OH is 1. The minimum Gasteiger partial charge on any atom is -0.396 e. The van der Waals surface area contributed by atoms with Gasteiger partial charge >= 0.3 is 0 Å². The normalized spacial score (nSPS) is 11.0. The summed E-state index contributed by atoms with van der Waals surface area (Å²) in [5.41, 5.74) is 0.896. The van der Waals surface area contributed by atoms with Crippen LogP contribution in [0.3, 0.4) is 0 Å². The summed E-state index contributed by atoms with van der Waals surface area (Å²) >= 11 is 0. The van der Waals surface area contributed by atoms with Crippen LogP contribution in [-0.2, 0) is 11.8 Å². The second-order valence-corrected chi connectivity index (χ2v) is 4.14. The lowest BCUT2D eigenvalue weighted by Gasteiger charge is -2.01. The number of hydrogen-bond acceptors (Lipinski definition) is 3. The molecule has 100 valence electrons. The zero-order valence-corrected chi connectivity index (χ0v) is 10.8. The molecule has 1 rings (SSSR count). The van der Waals surface area contributed by atoms with Crippen LogP contribution in [0.4, 0.5) is 0 Å². The molecule has 0 aliphatic carbocycles. The second kappa shape index (κ2) is 8.47. The Morgan fingerprint density at radius 2 is 2.22 bits per heavy atom. The topological polar surface area (TPSA) is 67.2 Å². The van der Waals surface area contributed by atoms with Crippen molar-refractivity contribution in [3.05, 3.63) is 24.0 Å². The van der Waals surface area contributed by atoms with Crippen LogP contribution in [0.2, 0.25) is 0 Å². The van der Waals surface area contributed by atoms with Crippen molar-refractivity contribution in [2.24, 2.45) is 7.05 Å². The Morgan fingerprint density at radius 1 is 1.44 bits per heavy atom. The molecule has 0 saturated heterocycles. The van der Waals surface area contributed by atoms with Gasteiger partial charge in [-0.15, -0.1) is 0 Å². The second-order valence-electron chi connectivity index (χ2n) is 4.14. The molecule has 1 aromatic heterocycles. The zero-order chi connectivity index (χ0) is 13.2. The van der Waals surface area contributed by atoms with Crippen molar-refractivity contribution in [2.45, 2.75) is 25.7 Å². The highest BCUT2D eigenvalue weighted by atomic mass is 16.2. The molecule has 0 aromatic carbocycles. The number of unbranched alkanes of at least 4 members (excludes halogenated alkanes) is 3. The van der Waals surface area contributed by atoms with Gasteiger partial charge in [0.25, 0.3) is 0 Å². The Morgan fingerprint density at radius 3 is 2.89 bits per heavy atom. The number of nitrogens with one attached hydrogen (secondary N) is 1. The van der Waals surface area contributed by atoms with E-state index in [4.69, 9.17) is 5.11 Å². The van der Waals surface area contributed by atoms with E-state index >= 15 is 0 Å². The summed E-state index contributed by atoms with van der Waals surface area (Å²) in [5.74, 6) is -0.0849. The summed E-state index contributed by atoms with van der Waals surface area (Å²) < 4.78 is 1.71. The Kier molecular flexibility index (Phi) is 6.79. The number of aliphatic hydroxyl groups is 1. The maximum absolute atomic E-state index is 11.5. The summed E-state index contributed by atoms with van der Waals surface area (Å²) in [6, 6.07) is 1.85. The van der Waals surface area contributed by atoms with E-state index in [1.54, 1.807) is 17.0 Å². The van der Waals surface area contributed by atoms with Crippen molar-refractivity contribution in [1.29, 1.82) is 0 Å². The van der Waals surface area contributed by atoms with Crippen LogP contribution in [0.25, 0.3) is 6.08 Å². The highest BCUT2D eigenvalue weighted by Crippen LogP contribution is 1.99. The molecular formula is C13H21N3O2. The van der Waals surface area contributed by atoms with Crippen molar-refractivity contribution in [3.63, 3.8) is 0 Å². The number of aromatic nitrogens is 2. The van der Waals surface area contributed by atoms with E-state index in [9.17, 15) is 4.79 Å². The lowest BCUT2D eigenvalue weighted by atomic mass is 10.2. The molecule has 0 unspecified atom stereocenters. The largest absolute Gasteiger partial charge is 0.396 e. The van der Waals surface area contributed by atoms with Crippen LogP contribution in [0.15, 0.2) is 18.3 Å². The van der Waals surface area contributed by atoms with Gasteiger partial charge in [0.15, 0.2) is 0 Å². The summed E-state index contributed by atoms with van der Waals surface area (Å²) in [6.07, 6.45) is 8.79. The summed E-state index contributed by atoms with van der Waals surface area (Å²) in [6.45, 7) is 0.930. The molecule has 0 fully saturated rings. The van der Waals surface area contributed by atoms with Gasteiger partial charge in [0.05, 0.1) is 5.69 Å². The summed E-state index contributed by atoms with van der Waals surface area (Å²) in [5, 5.41) is 15.4. The lowest BCUT2D eigenvalue weighted by Crippen LogP contribution is -2.22. The number of carbonyl (C=O) groups excluding carboxylic acids is 1. The molecule has 1 amide bonds. The van der Waals surface area contributed by atoms with E-state index in [1.807, 2.05) is 13.1 Å². The van der Waals surface area contributed by atoms with Gasteiger partial charge in [-0.2, -0.15) is 5.10 Å². The Bertz CT molecular complexity index is 385. The number of aryl methyl sites for hydroxylation is 1. The number of amides is 1. The summed E-state index contributed by atoms with van der Waals surface area (Å²) in [7, 11) is 1.83. The van der Waals surface area contributed by atoms with Gasteiger partial charge in [0.2, 0.25) is 5.91 Å². The fourth-order valence-electron chi connectivity index (χ4n) is 1.57. The average molecular weight is 251 g/mol. The third-order valence-corrected chi connectivity index (χ3v) is 2.65. The van der Waals surface area contributed by atoms with Gasteiger partial charge in [-0.1, -0.05) is 12.8 Å². The maximum Gasteiger partial charge on any atom is 0.244 e. The third kappa shape index (κ3) is 5.63. The van der Waals surface area contributed by atoms with Crippen LogP contribution in [0.5, 0.6) is 0 Å². The number of carbonyl (C=O) groups is 1. The maximum atomic E-state index is 11.5. The number of hydrogen-bond donors (Lipinski definition) is 2. The SMILES string of the molecule is Cn1nccc1/C=C/C(=O)NCCCCCCO. The Balaban J connectivity index is 2.14. The molecule has 5 nitrogen and oxygen atoms in total. The molecule has 2 N–H and O–H groups in total. The smallest absolute Gasteiger partial charge is 0.244 e. The number of nitrogens with zero attached hydrogens (tertiary/aromatic N) is 2. The highest BCUT2D eigenvalue weighted by molar-refractivity contribution is 5.91. The first-order chi connectivity index (χ1) is 8.74. The standard InChI is InChI=1S/C13H21N3O2/c1-16-12(8-10-15-16)6-7-13(18)14-9-4-2-3-5-11-17/h6-8,10,17H,2-5,9,11H2,1H3,(H,14,18)/b7-6+. The average Bonchev–Trinajstić information content (AvgIpc) is 2.77. The number of rotatable bonds is 8. The van der Waals surface area contributed by atoms with Gasteiger partial charge in [0, 0.05) is 32.5 Å². The molecule has 1 heterocycles. The molecule has 0 spiro atoms. The molecule has 1 aromatic rings. The fourth-order valence-corrected chi connectivity index (χ4v) is 1.57. The molecule has 18 heavy (non-hydrogen) atoms. The first-order valence-corrected chi connectivity index (χ1v) is 6.29. The van der Waals surface area contributed by atoms with E-state index in [1.165, 1.54) is 6.08 Å². The summed E-state index contributed by atoms with van der Waals surface area (Å²) in [4.78, 5) is 11.5. The molecule has 0 bridgehead atoms. The molecule has 0 aliphatic rings. The quantitative estimate of drug-likeness (QED) is 0.537. The highest BCUT2D eigenvalue weighted by Gasteiger charge is 1.97. The predicted molar refractivity (Wildman–Crippen MR) is 70.8 cm³/mol. The van der Waals surface area contributed by atoms with Crippen LogP contribution < -0.4 is 5.32 Å². The Hall–Kier alpha value is -1.62. The van der Waals surface area contributed by atoms with E-state index in [0.717, 1.165) is 31.4 Å². The van der Waals surface area contributed by atoms with Gasteiger partial charge in [-0.3, -0.25) is 9.48 Å². The van der Waals surface area contributed by atoms with E-state index in [0.29, 0.717) is 6.54 Å². The van der Waals surface area contributed by atoms with Crippen LogP contribution in [0.1, 0.15) is 31.4 Å². The molecular weight excluding hydrogens is 230 g/mol. The predicted octanol–water partition coefficient (Wildman–Crippen LogP) is 1.10. The first kappa shape index (κ1) is 14.4. The van der Waals surface area contributed by atoms with E-state index in [-0.39, 0.29) is 12.5 Å². The van der Waals surface area contributed by atoms with Crippen molar-refractivity contribution >= 4 is 12.0 Å². The monoisotopic (exact) mass is 251 g/mol. The van der Waals surface area contributed by atoms with Crippen molar-refractivity contribution < 1.29 is 9.90 Å². The molecule has 0 radical (unpaired) electrons. The minimum absolute atomic E-state index is 0.0849. The van der Waals surface area contributed by atoms with Gasteiger partial charge < -0.3 is 10.4 Å². The van der Waals surface area contributed by atoms with Crippen LogP contribution >= 0.6 is 0 Å². The lowest BCUT2D eigenvalue weighted by molar-refractivity contribution is -0.116. The Labute approximate surface area is 108 Å². The molecule has 0 aliphatic heterocycles. The van der Waals surface area contributed by atoms with Crippen molar-refractivity contribution in [3.8, 4) is 0 Å². The zero-order valence-electron chi connectivity index (χ0n) is 10.8. The third-order valence-electron chi connectivity index (χ3n) is 2.65. The fraction of sp³-hybridized carbons (Fsp3) is 0.538. The van der Waals surface area contributed by atoms with Crippen molar-refractivity contribution in [1.82, 2.24) is 15.1 Å².